The van der Waals surface area contributed by atoms with Crippen LogP contribution in [-0.4, -0.2) is 30.3 Å². The Kier molecular flexibility index (Phi) is 6.02. The molecule has 0 aliphatic heterocycles. The van der Waals surface area contributed by atoms with E-state index in [0.29, 0.717) is 35.2 Å². The number of nitrogens with one attached hydrogen (secondary N) is 1. The minimum Gasteiger partial charge on any atom is -0.492 e. The maximum Gasteiger partial charge on any atom is 0.252 e. The zero-order valence-corrected chi connectivity index (χ0v) is 16.7. The molecule has 0 unspecified atom stereocenters. The van der Waals surface area contributed by atoms with Gasteiger partial charge in [-0.05, 0) is 62.3 Å². The van der Waals surface area contributed by atoms with Crippen LogP contribution in [0.4, 0.5) is 0 Å². The molecular weight excluding hydrogens is 358 g/mol. The highest BCUT2D eigenvalue weighted by Gasteiger charge is 2.28. The van der Waals surface area contributed by atoms with Crippen molar-refractivity contribution in [1.29, 1.82) is 5.26 Å². The van der Waals surface area contributed by atoms with Crippen LogP contribution in [0.1, 0.15) is 51.5 Å². The van der Waals surface area contributed by atoms with Crippen molar-refractivity contribution in [2.75, 3.05) is 19.4 Å². The van der Waals surface area contributed by atoms with Crippen molar-refractivity contribution in [2.45, 2.75) is 37.6 Å². The molecule has 1 amide bonds. The first-order chi connectivity index (χ1) is 13.0. The summed E-state index contributed by atoms with van der Waals surface area (Å²) in [7, 11) is 0. The number of carbonyl (C=O) groups is 1. The average molecular weight is 382 g/mol. The van der Waals surface area contributed by atoms with Gasteiger partial charge in [-0.2, -0.15) is 5.26 Å². The molecule has 1 N–H and O–H groups in total. The number of amides is 1. The first-order valence-corrected chi connectivity index (χ1v) is 10.2. The molecular formula is C21H23N3O2S. The standard InChI is InChI=1S/C21H23N3O2S/c1-13-8-14(2)10-16(9-13)26-7-6-23-20(25)17-11-19(15-4-5-15)24-21(27-3)18(17)12-22/h8-11,15H,4-7H2,1-3H3,(H,23,25). The van der Waals surface area contributed by atoms with Crippen LogP contribution in [-0.2, 0) is 0 Å². The largest absolute Gasteiger partial charge is 0.492 e. The summed E-state index contributed by atoms with van der Waals surface area (Å²) in [4.78, 5) is 17.2. The number of nitrogens with zero attached hydrogens (tertiary/aromatic N) is 2. The smallest absolute Gasteiger partial charge is 0.252 e. The van der Waals surface area contributed by atoms with E-state index in [2.05, 4.69) is 22.4 Å². The number of hydrogen-bond acceptors (Lipinski definition) is 5. The molecule has 1 aromatic heterocycles. The van der Waals surface area contributed by atoms with Crippen LogP contribution in [0, 0.1) is 25.2 Å². The van der Waals surface area contributed by atoms with Gasteiger partial charge in [0.15, 0.2) is 0 Å². The molecule has 140 valence electrons. The summed E-state index contributed by atoms with van der Waals surface area (Å²) in [5.74, 6) is 0.960. The summed E-state index contributed by atoms with van der Waals surface area (Å²) in [5, 5.41) is 13.0. The highest BCUT2D eigenvalue weighted by Crippen LogP contribution is 2.40. The Morgan fingerprint density at radius 2 is 2.00 bits per heavy atom. The maximum absolute atomic E-state index is 12.7. The van der Waals surface area contributed by atoms with Crippen molar-refractivity contribution >= 4 is 17.7 Å². The zero-order chi connectivity index (χ0) is 19.4. The molecule has 0 atom stereocenters. The molecule has 27 heavy (non-hydrogen) atoms. The van der Waals surface area contributed by atoms with Crippen LogP contribution in [0.25, 0.3) is 0 Å². The minimum atomic E-state index is -0.254. The van der Waals surface area contributed by atoms with Crippen molar-refractivity contribution < 1.29 is 9.53 Å². The van der Waals surface area contributed by atoms with Crippen LogP contribution in [0.15, 0.2) is 29.3 Å². The van der Waals surface area contributed by atoms with Crippen molar-refractivity contribution in [3.05, 3.63) is 52.2 Å². The number of rotatable bonds is 7. The number of aromatic nitrogens is 1. The van der Waals surface area contributed by atoms with Gasteiger partial charge < -0.3 is 10.1 Å². The van der Waals surface area contributed by atoms with Gasteiger partial charge in [-0.15, -0.1) is 11.8 Å². The number of benzene rings is 1. The number of thioether (sulfide) groups is 1. The molecule has 2 aromatic rings. The van der Waals surface area contributed by atoms with E-state index >= 15 is 0 Å². The second-order valence-electron chi connectivity index (χ2n) is 6.79. The van der Waals surface area contributed by atoms with E-state index in [9.17, 15) is 10.1 Å². The summed E-state index contributed by atoms with van der Waals surface area (Å²) in [6.07, 6.45) is 4.06. The summed E-state index contributed by atoms with van der Waals surface area (Å²) in [6, 6.07) is 9.94. The number of ether oxygens (including phenoxy) is 1. The van der Waals surface area contributed by atoms with E-state index in [-0.39, 0.29) is 5.91 Å². The number of pyridine rings is 1. The van der Waals surface area contributed by atoms with Crippen LogP contribution in [0.5, 0.6) is 5.75 Å². The Hall–Kier alpha value is -2.52. The van der Waals surface area contributed by atoms with Gasteiger partial charge >= 0.3 is 0 Å². The SMILES string of the molecule is CSc1nc(C2CC2)cc(C(=O)NCCOc2cc(C)cc(C)c2)c1C#N. The molecule has 0 saturated heterocycles. The highest BCUT2D eigenvalue weighted by atomic mass is 32.2. The number of hydrogen-bond donors (Lipinski definition) is 1. The van der Waals surface area contributed by atoms with Gasteiger partial charge in [0, 0.05) is 11.6 Å². The Balaban J connectivity index is 1.65. The molecule has 0 spiro atoms. The lowest BCUT2D eigenvalue weighted by atomic mass is 10.1. The first-order valence-electron chi connectivity index (χ1n) is 9.00. The van der Waals surface area contributed by atoms with E-state index in [1.54, 1.807) is 6.07 Å². The van der Waals surface area contributed by atoms with Gasteiger partial charge in [-0.1, -0.05) is 6.07 Å². The Bertz CT molecular complexity index is 881. The van der Waals surface area contributed by atoms with Crippen LogP contribution in [0.3, 0.4) is 0 Å². The summed E-state index contributed by atoms with van der Waals surface area (Å²) < 4.78 is 5.73. The normalized spacial score (nSPS) is 13.1. The highest BCUT2D eigenvalue weighted by molar-refractivity contribution is 7.98. The summed E-state index contributed by atoms with van der Waals surface area (Å²) >= 11 is 1.40. The minimum absolute atomic E-state index is 0.254. The molecule has 0 bridgehead atoms. The molecule has 0 radical (unpaired) electrons. The van der Waals surface area contributed by atoms with Crippen molar-refractivity contribution in [2.24, 2.45) is 0 Å². The molecule has 1 aliphatic rings. The zero-order valence-electron chi connectivity index (χ0n) is 15.8. The number of nitriles is 1. The molecule has 1 aromatic carbocycles. The third kappa shape index (κ3) is 4.81. The lowest BCUT2D eigenvalue weighted by Gasteiger charge is -2.12. The predicted octanol–water partition coefficient (Wildman–Crippen LogP) is 3.98. The van der Waals surface area contributed by atoms with E-state index in [0.717, 1.165) is 35.4 Å². The van der Waals surface area contributed by atoms with E-state index in [4.69, 9.17) is 4.74 Å². The van der Waals surface area contributed by atoms with Crippen molar-refractivity contribution in [3.8, 4) is 11.8 Å². The Morgan fingerprint density at radius 3 is 2.59 bits per heavy atom. The topological polar surface area (TPSA) is 75.0 Å². The van der Waals surface area contributed by atoms with Gasteiger partial charge in [-0.25, -0.2) is 4.98 Å². The molecule has 3 rings (SSSR count). The lowest BCUT2D eigenvalue weighted by Crippen LogP contribution is -2.29. The molecule has 5 nitrogen and oxygen atoms in total. The number of carbonyl (C=O) groups excluding carboxylic acids is 1. The fourth-order valence-corrected chi connectivity index (χ4v) is 3.57. The van der Waals surface area contributed by atoms with E-state index in [1.165, 1.54) is 11.8 Å². The van der Waals surface area contributed by atoms with Crippen molar-refractivity contribution in [1.82, 2.24) is 10.3 Å². The lowest BCUT2D eigenvalue weighted by molar-refractivity contribution is 0.0946. The predicted molar refractivity (Wildman–Crippen MR) is 106 cm³/mol. The molecule has 1 saturated carbocycles. The van der Waals surface area contributed by atoms with Crippen molar-refractivity contribution in [3.63, 3.8) is 0 Å². The van der Waals surface area contributed by atoms with Gasteiger partial charge in [0.05, 0.1) is 17.7 Å². The Morgan fingerprint density at radius 1 is 1.30 bits per heavy atom. The van der Waals surface area contributed by atoms with Gasteiger partial charge in [0.1, 0.15) is 23.5 Å². The van der Waals surface area contributed by atoms with E-state index < -0.39 is 0 Å². The summed E-state index contributed by atoms with van der Waals surface area (Å²) in [6.45, 7) is 4.78. The van der Waals surface area contributed by atoms with Gasteiger partial charge in [0.2, 0.25) is 0 Å². The second-order valence-corrected chi connectivity index (χ2v) is 7.59. The Labute approximate surface area is 164 Å². The van der Waals surface area contributed by atoms with E-state index in [1.807, 2.05) is 32.2 Å². The first kappa shape index (κ1) is 19.2. The van der Waals surface area contributed by atoms with Crippen LogP contribution >= 0.6 is 11.8 Å². The fraction of sp³-hybridized carbons (Fsp3) is 0.381. The van der Waals surface area contributed by atoms with Gasteiger partial charge in [-0.3, -0.25) is 4.79 Å². The van der Waals surface area contributed by atoms with Crippen LogP contribution in [0.2, 0.25) is 0 Å². The average Bonchev–Trinajstić information content (AvgIpc) is 3.48. The number of aryl methyl sites for hydroxylation is 2. The fourth-order valence-electron chi connectivity index (χ4n) is 3.01. The molecule has 1 aliphatic carbocycles. The van der Waals surface area contributed by atoms with Crippen LogP contribution < -0.4 is 10.1 Å². The molecule has 1 fully saturated rings. The molecule has 1 heterocycles. The maximum atomic E-state index is 12.7. The summed E-state index contributed by atoms with van der Waals surface area (Å²) in [5.41, 5.74) is 3.95. The second kappa shape index (κ2) is 8.45. The third-order valence-corrected chi connectivity index (χ3v) is 5.09. The molecule has 6 heteroatoms. The third-order valence-electron chi connectivity index (χ3n) is 4.40. The monoisotopic (exact) mass is 381 g/mol. The van der Waals surface area contributed by atoms with Gasteiger partial charge in [0.25, 0.3) is 5.91 Å². The quantitative estimate of drug-likeness (QED) is 0.580.